The number of amides is 9. The zero-order valence-electron chi connectivity index (χ0n) is 37.5. The van der Waals surface area contributed by atoms with Gasteiger partial charge in [-0.3, -0.25) is 52.7 Å². The molecule has 0 aliphatic carbocycles. The van der Waals surface area contributed by atoms with Crippen LogP contribution >= 0.6 is 0 Å². The molecule has 0 aliphatic rings. The van der Waals surface area contributed by atoms with Crippen molar-refractivity contribution in [3.63, 3.8) is 0 Å². The van der Waals surface area contributed by atoms with Gasteiger partial charge in [0.15, 0.2) is 0 Å². The fraction of sp³-hybridized carbons (Fsp3) is 0.718. The van der Waals surface area contributed by atoms with Gasteiger partial charge in [0.25, 0.3) is 0 Å². The van der Waals surface area contributed by atoms with E-state index in [2.05, 4.69) is 47.9 Å². The zero-order valence-corrected chi connectivity index (χ0v) is 37.5. The number of carbonyl (C=O) groups is 11. The van der Waals surface area contributed by atoms with Crippen molar-refractivity contribution in [2.45, 2.75) is 136 Å². The van der Waals surface area contributed by atoms with E-state index in [1.54, 1.807) is 27.7 Å². The van der Waals surface area contributed by atoms with Crippen molar-refractivity contribution in [1.29, 1.82) is 0 Å². The number of aliphatic hydroxyl groups is 2. The number of hydrogen-bond acceptors (Lipinski definition) is 13. The Hall–Kier alpha value is -5.91. The van der Waals surface area contributed by atoms with Crippen LogP contribution in [0.25, 0.3) is 0 Å². The van der Waals surface area contributed by atoms with Gasteiger partial charge in [0.1, 0.15) is 48.3 Å². The minimum atomic E-state index is -1.73. The average Bonchev–Trinajstić information content (AvgIpc) is 3.19. The molecule has 0 radical (unpaired) electrons. The SMILES string of the molecule is CNC(=O)[C@@H](NC(=O)[C@H](CCC(=O)O)NC(=O)[C@@H](NC(=O)[C@H](CO)NC(=O)[C@@H](NC(=O)[C@H](CCC(=O)O)NC(=O)[C@@H](NC(=O)[C@H](CO)NC(C)=O)C(C)C)C(C)C)C(C)C)C(C)C. The van der Waals surface area contributed by atoms with E-state index in [0.717, 1.165) is 6.92 Å². The number of carboxylic acid groups (broad SMARTS) is 2. The van der Waals surface area contributed by atoms with E-state index in [4.69, 9.17) is 0 Å². The predicted molar refractivity (Wildman–Crippen MR) is 222 cm³/mol. The minimum Gasteiger partial charge on any atom is -0.481 e. The summed E-state index contributed by atoms with van der Waals surface area (Å²) >= 11 is 0. The Morgan fingerprint density at radius 3 is 0.873 bits per heavy atom. The fourth-order valence-electron chi connectivity index (χ4n) is 5.80. The number of rotatable bonds is 28. The maximum atomic E-state index is 13.6. The topological polar surface area (TPSA) is 377 Å². The summed E-state index contributed by atoms with van der Waals surface area (Å²) in [7, 11) is 1.36. The van der Waals surface area contributed by atoms with E-state index in [1.165, 1.54) is 34.7 Å². The second-order valence-corrected chi connectivity index (χ2v) is 16.2. The molecule has 13 N–H and O–H groups in total. The number of nitrogens with one attached hydrogen (secondary N) is 9. The van der Waals surface area contributed by atoms with E-state index in [1.807, 2.05) is 0 Å². The number of carboxylic acids is 2. The first kappa shape index (κ1) is 57.1. The molecule has 24 heteroatoms. The molecular weight excluding hydrogens is 834 g/mol. The van der Waals surface area contributed by atoms with Crippen LogP contribution in [0.4, 0.5) is 0 Å². The van der Waals surface area contributed by atoms with Crippen LogP contribution in [0, 0.1) is 23.7 Å². The molecule has 0 aromatic carbocycles. The van der Waals surface area contributed by atoms with E-state index in [-0.39, 0.29) is 6.42 Å². The summed E-state index contributed by atoms with van der Waals surface area (Å²) in [6, 6.07) is -11.4. The first-order valence-electron chi connectivity index (χ1n) is 20.5. The molecule has 0 aromatic heterocycles. The largest absolute Gasteiger partial charge is 0.481 e. The van der Waals surface area contributed by atoms with Gasteiger partial charge in [-0.1, -0.05) is 55.4 Å². The van der Waals surface area contributed by atoms with Crippen molar-refractivity contribution in [3.8, 4) is 0 Å². The predicted octanol–water partition coefficient (Wildman–Crippen LogP) is -4.03. The molecular formula is C39H67N9O15. The maximum absolute atomic E-state index is 13.6. The molecule has 358 valence electrons. The van der Waals surface area contributed by atoms with Crippen LogP contribution in [0.2, 0.25) is 0 Å². The lowest BCUT2D eigenvalue weighted by Gasteiger charge is -2.30. The van der Waals surface area contributed by atoms with Crippen molar-refractivity contribution in [1.82, 2.24) is 47.9 Å². The fourth-order valence-corrected chi connectivity index (χ4v) is 5.80. The van der Waals surface area contributed by atoms with Gasteiger partial charge in [0, 0.05) is 26.8 Å². The number of likely N-dealkylation sites (N-methyl/N-ethyl adjacent to an activating group) is 1. The molecule has 9 amide bonds. The molecule has 0 bridgehead atoms. The Labute approximate surface area is 366 Å². The van der Waals surface area contributed by atoms with E-state index in [0.29, 0.717) is 0 Å². The Morgan fingerprint density at radius 2 is 0.635 bits per heavy atom. The van der Waals surface area contributed by atoms with Crippen molar-refractivity contribution in [2.24, 2.45) is 23.7 Å². The highest BCUT2D eigenvalue weighted by Crippen LogP contribution is 2.11. The number of aliphatic hydroxyl groups excluding tert-OH is 2. The van der Waals surface area contributed by atoms with Gasteiger partial charge in [-0.25, -0.2) is 0 Å². The van der Waals surface area contributed by atoms with Gasteiger partial charge in [-0.05, 0) is 36.5 Å². The highest BCUT2D eigenvalue weighted by Gasteiger charge is 2.36. The van der Waals surface area contributed by atoms with Crippen LogP contribution in [0.1, 0.15) is 88.0 Å². The van der Waals surface area contributed by atoms with Crippen molar-refractivity contribution in [3.05, 3.63) is 0 Å². The summed E-state index contributed by atoms with van der Waals surface area (Å²) in [6.07, 6.45) is -2.04. The summed E-state index contributed by atoms with van der Waals surface area (Å²) in [4.78, 5) is 140. The van der Waals surface area contributed by atoms with Crippen LogP contribution < -0.4 is 47.9 Å². The van der Waals surface area contributed by atoms with Crippen LogP contribution in [0.3, 0.4) is 0 Å². The van der Waals surface area contributed by atoms with Gasteiger partial charge in [-0.15, -0.1) is 0 Å². The molecule has 0 saturated heterocycles. The monoisotopic (exact) mass is 901 g/mol. The van der Waals surface area contributed by atoms with Crippen LogP contribution in [-0.2, 0) is 52.7 Å². The van der Waals surface area contributed by atoms with E-state index >= 15 is 0 Å². The second-order valence-electron chi connectivity index (χ2n) is 16.2. The maximum Gasteiger partial charge on any atom is 0.303 e. The minimum absolute atomic E-state index is 0.386. The van der Waals surface area contributed by atoms with E-state index < -0.39 is 170 Å². The Kier molecular flexibility index (Phi) is 25.3. The molecule has 0 rings (SSSR count). The molecule has 0 spiro atoms. The Morgan fingerprint density at radius 1 is 0.381 bits per heavy atom. The number of hydrogen-bond donors (Lipinski definition) is 13. The van der Waals surface area contributed by atoms with Crippen molar-refractivity contribution >= 4 is 65.1 Å². The van der Waals surface area contributed by atoms with Gasteiger partial charge in [0.05, 0.1) is 13.2 Å². The molecule has 0 heterocycles. The summed E-state index contributed by atoms with van der Waals surface area (Å²) in [6.45, 7) is 11.8. The second kappa shape index (κ2) is 27.9. The molecule has 0 unspecified atom stereocenters. The summed E-state index contributed by atoms with van der Waals surface area (Å²) in [5.74, 6) is -13.0. The zero-order chi connectivity index (χ0) is 48.9. The normalized spacial score (nSPS) is 15.0. The molecule has 63 heavy (non-hydrogen) atoms. The molecule has 8 atom stereocenters. The number of aliphatic carboxylic acids is 2. The van der Waals surface area contributed by atoms with Crippen LogP contribution in [0.15, 0.2) is 0 Å². The van der Waals surface area contributed by atoms with Crippen LogP contribution in [-0.4, -0.2) is 154 Å². The third-order valence-electron chi connectivity index (χ3n) is 9.49. The Bertz CT molecular complexity index is 1640. The average molecular weight is 902 g/mol. The van der Waals surface area contributed by atoms with Crippen LogP contribution in [0.5, 0.6) is 0 Å². The molecule has 24 nitrogen and oxygen atoms in total. The summed E-state index contributed by atoms with van der Waals surface area (Å²) in [5, 5.41) is 59.8. The first-order chi connectivity index (χ1) is 29.2. The lowest BCUT2D eigenvalue weighted by Crippen LogP contribution is -2.62. The van der Waals surface area contributed by atoms with Gasteiger partial charge in [-0.2, -0.15) is 0 Å². The van der Waals surface area contributed by atoms with Gasteiger partial charge >= 0.3 is 11.9 Å². The number of carbonyl (C=O) groups excluding carboxylic acids is 9. The van der Waals surface area contributed by atoms with E-state index in [9.17, 15) is 73.2 Å². The summed E-state index contributed by atoms with van der Waals surface area (Å²) < 4.78 is 0. The molecule has 0 aliphatic heterocycles. The highest BCUT2D eigenvalue weighted by atomic mass is 16.4. The van der Waals surface area contributed by atoms with Gasteiger partial charge < -0.3 is 68.3 Å². The lowest BCUT2D eigenvalue weighted by molar-refractivity contribution is -0.139. The Balaban J connectivity index is 6.27. The first-order valence-corrected chi connectivity index (χ1v) is 20.5. The van der Waals surface area contributed by atoms with Crippen molar-refractivity contribution in [2.75, 3.05) is 20.3 Å². The van der Waals surface area contributed by atoms with Gasteiger partial charge in [0.2, 0.25) is 53.2 Å². The smallest absolute Gasteiger partial charge is 0.303 e. The molecule has 0 fully saturated rings. The summed E-state index contributed by atoms with van der Waals surface area (Å²) in [5.41, 5.74) is 0. The highest BCUT2D eigenvalue weighted by molar-refractivity contribution is 5.98. The molecule has 0 saturated carbocycles. The standard InChI is InChI=1S/C39H67N9O15/c1-17(2)28(36(60)40-10)45-32(56)22(11-13-26(52)53)42-38(62)30(19(5)6)48-35(59)25(16-50)44-39(63)31(20(7)8)46-33(57)23(12-14-27(54)55)43-37(61)29(18(3)4)47-34(58)24(15-49)41-21(9)51/h17-20,22-25,28-31,49-50H,11-16H2,1-10H3,(H,40,60)(H,41,51)(H,42,62)(H,43,61)(H,44,63)(H,45,56)(H,46,57)(H,47,58)(H,48,59)(H,52,53)(H,54,55)/t22-,23-,24-,25-,28-,29-,30-,31-/m0/s1. The lowest BCUT2D eigenvalue weighted by atomic mass is 9.99. The quantitative estimate of drug-likeness (QED) is 0.0356. The van der Waals surface area contributed by atoms with Crippen molar-refractivity contribution < 1.29 is 73.2 Å². The third kappa shape index (κ3) is 20.2. The molecule has 0 aromatic rings. The third-order valence-corrected chi connectivity index (χ3v) is 9.49.